The number of unbranched alkanes of at least 4 members (excludes halogenated alkanes) is 1. The average Bonchev–Trinajstić information content (AvgIpc) is 3.34. The maximum atomic E-state index is 12.4. The Morgan fingerprint density at radius 3 is 2.76 bits per heavy atom. The van der Waals surface area contributed by atoms with Gasteiger partial charge >= 0.3 is 0 Å². The molecule has 4 heteroatoms. The monoisotopic (exact) mass is 468 g/mol. The van der Waals surface area contributed by atoms with Gasteiger partial charge in [0.15, 0.2) is 17.3 Å². The molecule has 1 N–H and O–H groups in total. The van der Waals surface area contributed by atoms with E-state index in [-0.39, 0.29) is 23.6 Å². The van der Waals surface area contributed by atoms with Crippen molar-refractivity contribution in [3.8, 4) is 11.5 Å². The Kier molecular flexibility index (Phi) is 10.7. The van der Waals surface area contributed by atoms with Gasteiger partial charge in [0.25, 0.3) is 0 Å². The number of aromatic hydroxyl groups is 1. The number of rotatable bonds is 13. The number of ether oxygens (including phenoxy) is 2. The highest BCUT2D eigenvalue weighted by molar-refractivity contribution is 5.89. The zero-order valence-electron chi connectivity index (χ0n) is 21.4. The van der Waals surface area contributed by atoms with E-state index in [0.717, 1.165) is 56.1 Å². The normalized spacial score (nSPS) is 21.9. The molecule has 0 aromatic heterocycles. The maximum Gasteiger partial charge on any atom is 0.161 e. The zero-order chi connectivity index (χ0) is 24.3. The van der Waals surface area contributed by atoms with Gasteiger partial charge in [-0.3, -0.25) is 4.79 Å². The SMILES string of the molecule is CCC/C=C/C(=O)CCc1cc(OC2CCCC2)c(O)c([C@H](CCOC)[C@@H]2C=CC[C@@H](C)C2)c1. The van der Waals surface area contributed by atoms with E-state index in [1.54, 1.807) is 13.2 Å². The second kappa shape index (κ2) is 13.7. The predicted molar refractivity (Wildman–Crippen MR) is 139 cm³/mol. The van der Waals surface area contributed by atoms with E-state index in [9.17, 15) is 9.90 Å². The third-order valence-electron chi connectivity index (χ3n) is 7.32. The molecular weight excluding hydrogens is 424 g/mol. The van der Waals surface area contributed by atoms with Crippen LogP contribution in [0, 0.1) is 11.8 Å². The van der Waals surface area contributed by atoms with Crippen molar-refractivity contribution < 1.29 is 19.4 Å². The van der Waals surface area contributed by atoms with Crippen molar-refractivity contribution in [1.29, 1.82) is 0 Å². The van der Waals surface area contributed by atoms with E-state index >= 15 is 0 Å². The fraction of sp³-hybridized carbons (Fsp3) is 0.633. The maximum absolute atomic E-state index is 12.4. The molecule has 0 bridgehead atoms. The highest BCUT2D eigenvalue weighted by atomic mass is 16.5. The minimum absolute atomic E-state index is 0.154. The van der Waals surface area contributed by atoms with Crippen LogP contribution in [0.3, 0.4) is 0 Å². The summed E-state index contributed by atoms with van der Waals surface area (Å²) in [6, 6.07) is 4.08. The fourth-order valence-corrected chi connectivity index (χ4v) is 5.39. The molecule has 34 heavy (non-hydrogen) atoms. The third kappa shape index (κ3) is 7.73. The molecule has 0 amide bonds. The van der Waals surface area contributed by atoms with Gasteiger partial charge in [-0.15, -0.1) is 0 Å². The molecule has 4 nitrogen and oxygen atoms in total. The second-order valence-corrected chi connectivity index (χ2v) is 10.3. The van der Waals surface area contributed by atoms with Gasteiger partial charge in [0.1, 0.15) is 0 Å². The van der Waals surface area contributed by atoms with Crippen LogP contribution >= 0.6 is 0 Å². The van der Waals surface area contributed by atoms with Crippen molar-refractivity contribution in [1.82, 2.24) is 0 Å². The van der Waals surface area contributed by atoms with Crippen LogP contribution in [0.15, 0.2) is 36.4 Å². The van der Waals surface area contributed by atoms with Gasteiger partial charge in [-0.1, -0.05) is 44.6 Å². The van der Waals surface area contributed by atoms with Crippen LogP contribution in [-0.2, 0) is 16.0 Å². The number of hydrogen-bond donors (Lipinski definition) is 1. The van der Waals surface area contributed by atoms with Crippen LogP contribution in [0.25, 0.3) is 0 Å². The lowest BCUT2D eigenvalue weighted by molar-refractivity contribution is -0.114. The first-order chi connectivity index (χ1) is 16.5. The van der Waals surface area contributed by atoms with Crippen LogP contribution in [-0.4, -0.2) is 30.7 Å². The number of carbonyl (C=O) groups excluding carboxylic acids is 1. The molecule has 0 aliphatic heterocycles. The summed E-state index contributed by atoms with van der Waals surface area (Å²) in [4.78, 5) is 12.4. The minimum atomic E-state index is 0.154. The Labute approximate surface area is 206 Å². The van der Waals surface area contributed by atoms with E-state index in [2.05, 4.69) is 32.1 Å². The number of methoxy groups -OCH3 is 1. The van der Waals surface area contributed by atoms with Crippen LogP contribution in [0.2, 0.25) is 0 Å². The lowest BCUT2D eigenvalue weighted by Gasteiger charge is -2.31. The second-order valence-electron chi connectivity index (χ2n) is 10.3. The third-order valence-corrected chi connectivity index (χ3v) is 7.32. The molecule has 1 aromatic carbocycles. The minimum Gasteiger partial charge on any atom is -0.504 e. The Bertz CT molecular complexity index is 834. The van der Waals surface area contributed by atoms with Crippen LogP contribution in [0.5, 0.6) is 11.5 Å². The van der Waals surface area contributed by atoms with Gasteiger partial charge in [0.05, 0.1) is 6.10 Å². The molecule has 3 atom stereocenters. The smallest absolute Gasteiger partial charge is 0.161 e. The van der Waals surface area contributed by atoms with E-state index in [1.807, 2.05) is 12.1 Å². The Morgan fingerprint density at radius 1 is 1.26 bits per heavy atom. The van der Waals surface area contributed by atoms with Crippen LogP contribution < -0.4 is 4.74 Å². The topological polar surface area (TPSA) is 55.8 Å². The number of hydrogen-bond acceptors (Lipinski definition) is 4. The van der Waals surface area contributed by atoms with Crippen LogP contribution in [0.4, 0.5) is 0 Å². The average molecular weight is 469 g/mol. The van der Waals surface area contributed by atoms with Gasteiger partial charge in [0, 0.05) is 25.7 Å². The van der Waals surface area contributed by atoms with Crippen molar-refractivity contribution in [2.45, 2.75) is 96.5 Å². The van der Waals surface area contributed by atoms with Gasteiger partial charge in [-0.2, -0.15) is 0 Å². The summed E-state index contributed by atoms with van der Waals surface area (Å²) < 4.78 is 11.8. The molecule has 0 spiro atoms. The standard InChI is InChI=1S/C30H44O4/c1-4-5-6-12-25(31)16-15-23-20-28(30(32)29(21-23)34-26-13-7-8-14-26)27(17-18-33-3)24-11-9-10-22(2)19-24/h6,9,11-12,20-22,24,26-27,32H,4-5,7-8,10,13-19H2,1-3H3/b12-6+/t22-,24-,27-/m1/s1. The number of aryl methyl sites for hydroxylation is 1. The van der Waals surface area contributed by atoms with Crippen molar-refractivity contribution in [2.24, 2.45) is 11.8 Å². The number of carbonyl (C=O) groups is 1. The molecule has 1 aromatic rings. The number of phenolic OH excluding ortho intramolecular Hbond substituents is 1. The van der Waals surface area contributed by atoms with E-state index in [1.165, 1.54) is 12.8 Å². The summed E-state index contributed by atoms with van der Waals surface area (Å²) in [5.41, 5.74) is 2.01. The molecule has 0 saturated heterocycles. The summed E-state index contributed by atoms with van der Waals surface area (Å²) in [7, 11) is 1.74. The van der Waals surface area contributed by atoms with Gasteiger partial charge in [-0.25, -0.2) is 0 Å². The number of benzene rings is 1. The van der Waals surface area contributed by atoms with Crippen LogP contribution in [0.1, 0.15) is 95.1 Å². The molecule has 2 aliphatic rings. The quantitative estimate of drug-likeness (QED) is 0.244. The Hall–Kier alpha value is -2.07. The van der Waals surface area contributed by atoms with Crippen molar-refractivity contribution in [3.63, 3.8) is 0 Å². The Morgan fingerprint density at radius 2 is 2.06 bits per heavy atom. The van der Waals surface area contributed by atoms with E-state index in [4.69, 9.17) is 9.47 Å². The molecule has 2 aliphatic carbocycles. The summed E-state index contributed by atoms with van der Waals surface area (Å²) in [5.74, 6) is 2.16. The molecule has 0 heterocycles. The van der Waals surface area contributed by atoms with Gasteiger partial charge in [0.2, 0.25) is 0 Å². The molecule has 188 valence electrons. The molecule has 3 rings (SSSR count). The Balaban J connectivity index is 1.90. The molecule has 0 radical (unpaired) electrons. The van der Waals surface area contributed by atoms with E-state index in [0.29, 0.717) is 37.0 Å². The fourth-order valence-electron chi connectivity index (χ4n) is 5.39. The summed E-state index contributed by atoms with van der Waals surface area (Å²) in [6.45, 7) is 5.06. The largest absolute Gasteiger partial charge is 0.504 e. The molecule has 1 fully saturated rings. The number of allylic oxidation sites excluding steroid dienone is 4. The first-order valence-corrected chi connectivity index (χ1v) is 13.4. The van der Waals surface area contributed by atoms with E-state index < -0.39 is 0 Å². The van der Waals surface area contributed by atoms with Crippen molar-refractivity contribution >= 4 is 5.78 Å². The van der Waals surface area contributed by atoms with Crippen molar-refractivity contribution in [3.05, 3.63) is 47.6 Å². The summed E-state index contributed by atoms with van der Waals surface area (Å²) in [5, 5.41) is 11.4. The predicted octanol–water partition coefficient (Wildman–Crippen LogP) is 7.29. The molecule has 0 unspecified atom stereocenters. The number of ketones is 1. The highest BCUT2D eigenvalue weighted by Gasteiger charge is 2.29. The summed E-state index contributed by atoms with van der Waals surface area (Å²) >= 11 is 0. The van der Waals surface area contributed by atoms with Gasteiger partial charge in [-0.05, 0) is 93.2 Å². The first-order valence-electron chi connectivity index (χ1n) is 13.4. The summed E-state index contributed by atoms with van der Waals surface area (Å²) in [6.07, 6.45) is 19.1. The molecular formula is C30H44O4. The van der Waals surface area contributed by atoms with Gasteiger partial charge < -0.3 is 14.6 Å². The molecule has 1 saturated carbocycles. The lowest BCUT2D eigenvalue weighted by Crippen LogP contribution is -2.19. The van der Waals surface area contributed by atoms with Crippen molar-refractivity contribution in [2.75, 3.05) is 13.7 Å². The zero-order valence-corrected chi connectivity index (χ0v) is 21.4. The number of phenols is 1. The first kappa shape index (κ1) is 26.5. The lowest BCUT2D eigenvalue weighted by atomic mass is 9.75. The highest BCUT2D eigenvalue weighted by Crippen LogP contribution is 2.45.